The second-order valence-corrected chi connectivity index (χ2v) is 6.45. The molecule has 0 saturated heterocycles. The number of rotatable bonds is 5. The van der Waals surface area contributed by atoms with E-state index >= 15 is 0 Å². The third-order valence-electron chi connectivity index (χ3n) is 2.71. The number of nitrogens with one attached hydrogen (secondary N) is 1. The molecule has 0 bridgehead atoms. The van der Waals surface area contributed by atoms with Crippen molar-refractivity contribution in [2.45, 2.75) is 40.2 Å². The van der Waals surface area contributed by atoms with Crippen molar-refractivity contribution in [3.8, 4) is 5.75 Å². The van der Waals surface area contributed by atoms with Crippen molar-refractivity contribution in [3.63, 3.8) is 0 Å². The Hall–Kier alpha value is -0.990. The summed E-state index contributed by atoms with van der Waals surface area (Å²) in [7, 11) is 0. The summed E-state index contributed by atoms with van der Waals surface area (Å²) < 4.78 is 5.85. The van der Waals surface area contributed by atoms with E-state index in [1.807, 2.05) is 26.0 Å². The number of benzene rings is 1. The second kappa shape index (κ2) is 6.44. The molecule has 0 aliphatic carbocycles. The molecule has 106 valence electrons. The van der Waals surface area contributed by atoms with Crippen molar-refractivity contribution in [1.82, 2.24) is 5.32 Å². The molecule has 1 N–H and O–H groups in total. The molecular formula is C16H24ClNO. The fraction of sp³-hybridized carbons (Fsp3) is 0.500. The van der Waals surface area contributed by atoms with Crippen molar-refractivity contribution in [1.29, 1.82) is 0 Å². The molecule has 2 nitrogen and oxygen atoms in total. The van der Waals surface area contributed by atoms with Crippen LogP contribution < -0.4 is 10.1 Å². The first-order valence-electron chi connectivity index (χ1n) is 6.50. The van der Waals surface area contributed by atoms with Crippen molar-refractivity contribution >= 4 is 11.6 Å². The Kier molecular flexibility index (Phi) is 5.45. The topological polar surface area (TPSA) is 21.3 Å². The molecule has 0 saturated carbocycles. The molecule has 0 atom stereocenters. The smallest absolute Gasteiger partial charge is 0.125 e. The molecule has 0 aromatic heterocycles. The van der Waals surface area contributed by atoms with Gasteiger partial charge >= 0.3 is 0 Å². The van der Waals surface area contributed by atoms with E-state index in [4.69, 9.17) is 16.3 Å². The highest BCUT2D eigenvalue weighted by Crippen LogP contribution is 2.27. The molecule has 1 aromatic carbocycles. The Morgan fingerprint density at radius 2 is 1.79 bits per heavy atom. The third-order valence-corrected chi connectivity index (χ3v) is 2.93. The lowest BCUT2D eigenvalue weighted by Gasteiger charge is -2.21. The van der Waals surface area contributed by atoms with Gasteiger partial charge in [0.25, 0.3) is 0 Å². The van der Waals surface area contributed by atoms with Crippen LogP contribution in [0.4, 0.5) is 0 Å². The highest BCUT2D eigenvalue weighted by molar-refractivity contribution is 6.30. The number of ether oxygens (including phenoxy) is 1. The van der Waals surface area contributed by atoms with E-state index in [0.717, 1.165) is 34.0 Å². The van der Waals surface area contributed by atoms with Crippen molar-refractivity contribution in [2.75, 3.05) is 13.2 Å². The quantitative estimate of drug-likeness (QED) is 0.814. The Morgan fingerprint density at radius 3 is 2.26 bits per heavy atom. The Morgan fingerprint density at radius 1 is 1.26 bits per heavy atom. The van der Waals surface area contributed by atoms with Gasteiger partial charge < -0.3 is 10.1 Å². The van der Waals surface area contributed by atoms with E-state index in [1.165, 1.54) is 0 Å². The first-order chi connectivity index (χ1) is 8.69. The molecule has 3 heteroatoms. The van der Waals surface area contributed by atoms with E-state index in [2.05, 4.69) is 32.7 Å². The second-order valence-electron chi connectivity index (χ2n) is 6.01. The summed E-state index contributed by atoms with van der Waals surface area (Å²) in [6, 6.07) is 3.83. The van der Waals surface area contributed by atoms with Crippen LogP contribution in [0.5, 0.6) is 5.75 Å². The van der Waals surface area contributed by atoms with Gasteiger partial charge in [-0.1, -0.05) is 18.2 Å². The summed E-state index contributed by atoms with van der Waals surface area (Å²) in [5, 5.41) is 4.14. The standard InChI is InChI=1S/C16H24ClNO/c1-11(9-18-16(4,5)6)10-19-15-12(2)7-14(17)8-13(15)3/h7-8,18H,1,9-10H2,2-6H3. The van der Waals surface area contributed by atoms with E-state index in [1.54, 1.807) is 0 Å². The summed E-state index contributed by atoms with van der Waals surface area (Å²) in [5.74, 6) is 0.904. The van der Waals surface area contributed by atoms with E-state index in [9.17, 15) is 0 Å². The molecule has 0 aliphatic heterocycles. The molecule has 1 aromatic rings. The maximum absolute atomic E-state index is 6.00. The van der Waals surface area contributed by atoms with Crippen LogP contribution in [-0.2, 0) is 0 Å². The third kappa shape index (κ3) is 5.66. The van der Waals surface area contributed by atoms with Gasteiger partial charge in [0.1, 0.15) is 12.4 Å². The van der Waals surface area contributed by atoms with Crippen LogP contribution in [-0.4, -0.2) is 18.7 Å². The lowest BCUT2D eigenvalue weighted by Crippen LogP contribution is -2.37. The molecule has 0 radical (unpaired) electrons. The normalized spacial score (nSPS) is 11.5. The minimum atomic E-state index is 0.0923. The minimum Gasteiger partial charge on any atom is -0.489 e. The zero-order chi connectivity index (χ0) is 14.6. The predicted molar refractivity (Wildman–Crippen MR) is 83.3 cm³/mol. The fourth-order valence-electron chi connectivity index (χ4n) is 1.74. The van der Waals surface area contributed by atoms with Crippen LogP contribution >= 0.6 is 11.6 Å². The van der Waals surface area contributed by atoms with Crippen LogP contribution in [0.15, 0.2) is 24.3 Å². The molecule has 19 heavy (non-hydrogen) atoms. The van der Waals surface area contributed by atoms with Gasteiger partial charge in [-0.05, 0) is 63.5 Å². The highest BCUT2D eigenvalue weighted by Gasteiger charge is 2.10. The largest absolute Gasteiger partial charge is 0.489 e. The molecule has 0 aliphatic rings. The molecular weight excluding hydrogens is 258 g/mol. The van der Waals surface area contributed by atoms with Gasteiger partial charge in [0.2, 0.25) is 0 Å². The van der Waals surface area contributed by atoms with Gasteiger partial charge in [-0.2, -0.15) is 0 Å². The molecule has 1 rings (SSSR count). The lowest BCUT2D eigenvalue weighted by atomic mass is 10.1. The van der Waals surface area contributed by atoms with Crippen LogP contribution in [0.1, 0.15) is 31.9 Å². The van der Waals surface area contributed by atoms with Crippen LogP contribution in [0, 0.1) is 13.8 Å². The van der Waals surface area contributed by atoms with Gasteiger partial charge in [-0.3, -0.25) is 0 Å². The monoisotopic (exact) mass is 281 g/mol. The van der Waals surface area contributed by atoms with Gasteiger partial charge in [-0.15, -0.1) is 0 Å². The molecule has 0 fully saturated rings. The number of halogens is 1. The molecule has 0 heterocycles. The molecule has 0 spiro atoms. The van der Waals surface area contributed by atoms with Gasteiger partial charge in [-0.25, -0.2) is 0 Å². The van der Waals surface area contributed by atoms with Crippen molar-refractivity contribution in [3.05, 3.63) is 40.4 Å². The van der Waals surface area contributed by atoms with Gasteiger partial charge in [0.15, 0.2) is 0 Å². The Labute approximate surface area is 121 Å². The summed E-state index contributed by atoms with van der Waals surface area (Å²) in [6.07, 6.45) is 0. The zero-order valence-electron chi connectivity index (χ0n) is 12.6. The number of aryl methyl sites for hydroxylation is 2. The maximum Gasteiger partial charge on any atom is 0.125 e. The summed E-state index contributed by atoms with van der Waals surface area (Å²) in [5.41, 5.74) is 3.24. The van der Waals surface area contributed by atoms with Crippen molar-refractivity contribution in [2.24, 2.45) is 0 Å². The highest BCUT2D eigenvalue weighted by atomic mass is 35.5. The average molecular weight is 282 g/mol. The predicted octanol–water partition coefficient (Wildman–Crippen LogP) is 4.28. The maximum atomic E-state index is 6.00. The van der Waals surface area contributed by atoms with E-state index < -0.39 is 0 Å². The summed E-state index contributed by atoms with van der Waals surface area (Å²) >= 11 is 6.00. The average Bonchev–Trinajstić information content (AvgIpc) is 2.23. The zero-order valence-corrected chi connectivity index (χ0v) is 13.3. The fourth-order valence-corrected chi connectivity index (χ4v) is 2.07. The first-order valence-corrected chi connectivity index (χ1v) is 6.88. The summed E-state index contributed by atoms with van der Waals surface area (Å²) in [6.45, 7) is 15.7. The van der Waals surface area contributed by atoms with Crippen LogP contribution in [0.25, 0.3) is 0 Å². The van der Waals surface area contributed by atoms with Gasteiger partial charge in [0, 0.05) is 17.1 Å². The summed E-state index contributed by atoms with van der Waals surface area (Å²) in [4.78, 5) is 0. The molecule has 0 amide bonds. The Bertz CT molecular complexity index is 437. The van der Waals surface area contributed by atoms with E-state index in [-0.39, 0.29) is 5.54 Å². The van der Waals surface area contributed by atoms with E-state index in [0.29, 0.717) is 6.61 Å². The SMILES string of the molecule is C=C(CNC(C)(C)C)COc1c(C)cc(Cl)cc1C. The minimum absolute atomic E-state index is 0.0923. The molecule has 0 unspecified atom stereocenters. The van der Waals surface area contributed by atoms with Gasteiger partial charge in [0.05, 0.1) is 0 Å². The Balaban J connectivity index is 2.56. The number of hydrogen-bond donors (Lipinski definition) is 1. The van der Waals surface area contributed by atoms with Crippen LogP contribution in [0.2, 0.25) is 5.02 Å². The van der Waals surface area contributed by atoms with Crippen LogP contribution in [0.3, 0.4) is 0 Å². The first kappa shape index (κ1) is 16.1. The number of hydrogen-bond acceptors (Lipinski definition) is 2. The lowest BCUT2D eigenvalue weighted by molar-refractivity contribution is 0.337. The van der Waals surface area contributed by atoms with Crippen molar-refractivity contribution < 1.29 is 4.74 Å².